The second kappa shape index (κ2) is 2.82. The summed E-state index contributed by atoms with van der Waals surface area (Å²) in [5.74, 6) is 0.871. The van der Waals surface area contributed by atoms with Crippen LogP contribution in [0.3, 0.4) is 0 Å². The molecule has 0 aromatic heterocycles. The highest BCUT2D eigenvalue weighted by atomic mass is 16.7. The maximum absolute atomic E-state index is 11.3. The summed E-state index contributed by atoms with van der Waals surface area (Å²) in [6, 6.07) is 0.460. The van der Waals surface area contributed by atoms with E-state index in [2.05, 4.69) is 13.8 Å². The van der Waals surface area contributed by atoms with Crippen molar-refractivity contribution in [2.75, 3.05) is 6.54 Å². The van der Waals surface area contributed by atoms with Gasteiger partial charge in [-0.25, -0.2) is 0 Å². The van der Waals surface area contributed by atoms with E-state index in [-0.39, 0.29) is 11.9 Å². The average molecular weight is 169 g/mol. The van der Waals surface area contributed by atoms with Crippen LogP contribution in [0.5, 0.6) is 0 Å². The van der Waals surface area contributed by atoms with Gasteiger partial charge in [0.05, 0.1) is 0 Å². The molecule has 68 valence electrons. The average Bonchev–Trinajstić information content (AvgIpc) is 2.37. The molecule has 0 N–H and O–H groups in total. The third kappa shape index (κ3) is 1.17. The van der Waals surface area contributed by atoms with E-state index in [1.807, 2.05) is 5.06 Å². The van der Waals surface area contributed by atoms with Crippen LogP contribution in [-0.2, 0) is 9.63 Å². The molecule has 2 aliphatic rings. The van der Waals surface area contributed by atoms with Crippen LogP contribution in [0.15, 0.2) is 0 Å². The van der Waals surface area contributed by atoms with Crippen LogP contribution in [0.1, 0.15) is 26.7 Å². The summed E-state index contributed by atoms with van der Waals surface area (Å²) in [5, 5.41) is 2.00. The number of hydrogen-bond acceptors (Lipinski definition) is 3. The molecule has 3 unspecified atom stereocenters. The Morgan fingerprint density at radius 1 is 1.58 bits per heavy atom. The molecule has 0 amide bonds. The predicted octanol–water partition coefficient (Wildman–Crippen LogP) is 0.990. The molecule has 0 radical (unpaired) electrons. The van der Waals surface area contributed by atoms with E-state index in [0.29, 0.717) is 18.4 Å². The molecule has 0 spiro atoms. The quantitative estimate of drug-likeness (QED) is 0.586. The van der Waals surface area contributed by atoms with Crippen LogP contribution in [0.25, 0.3) is 0 Å². The normalized spacial score (nSPS) is 40.9. The molecule has 0 aromatic rings. The van der Waals surface area contributed by atoms with Crippen molar-refractivity contribution in [2.45, 2.75) is 38.8 Å². The smallest absolute Gasteiger partial charge is 0.165 e. The van der Waals surface area contributed by atoms with Gasteiger partial charge in [-0.3, -0.25) is 9.63 Å². The summed E-state index contributed by atoms with van der Waals surface area (Å²) < 4.78 is 0. The largest absolute Gasteiger partial charge is 0.297 e. The molecule has 2 rings (SSSR count). The minimum Gasteiger partial charge on any atom is -0.297 e. The number of hydrogen-bond donors (Lipinski definition) is 0. The van der Waals surface area contributed by atoms with E-state index < -0.39 is 0 Å². The van der Waals surface area contributed by atoms with Crippen LogP contribution in [0.2, 0.25) is 0 Å². The molecule has 0 aromatic carbocycles. The Kier molecular flexibility index (Phi) is 1.93. The first-order chi connectivity index (χ1) is 5.68. The molecule has 0 saturated carbocycles. The predicted molar refractivity (Wildman–Crippen MR) is 44.4 cm³/mol. The van der Waals surface area contributed by atoms with E-state index in [1.54, 1.807) is 0 Å². The van der Waals surface area contributed by atoms with Crippen molar-refractivity contribution in [3.8, 4) is 0 Å². The first kappa shape index (κ1) is 8.20. The standard InChI is InChI=1S/C9H15NO2/c1-6(2)7-5-9-8(11)3-4-10(7)12-9/h6-7,9H,3-5H2,1-2H3. The maximum Gasteiger partial charge on any atom is 0.165 e. The lowest BCUT2D eigenvalue weighted by molar-refractivity contribution is -0.192. The van der Waals surface area contributed by atoms with Gasteiger partial charge in [0.15, 0.2) is 5.78 Å². The van der Waals surface area contributed by atoms with Crippen molar-refractivity contribution in [2.24, 2.45) is 5.92 Å². The lowest BCUT2D eigenvalue weighted by atomic mass is 9.99. The fourth-order valence-electron chi connectivity index (χ4n) is 2.02. The molecule has 3 atom stereocenters. The fourth-order valence-corrected chi connectivity index (χ4v) is 2.02. The molecule has 2 fully saturated rings. The minimum absolute atomic E-state index is 0.119. The van der Waals surface area contributed by atoms with Crippen LogP contribution < -0.4 is 0 Å². The molecule has 2 saturated heterocycles. The summed E-state index contributed by atoms with van der Waals surface area (Å²) in [7, 11) is 0. The molecular weight excluding hydrogens is 154 g/mol. The van der Waals surface area contributed by atoms with Crippen molar-refractivity contribution in [3.05, 3.63) is 0 Å². The maximum atomic E-state index is 11.3. The minimum atomic E-state index is -0.119. The first-order valence-electron chi connectivity index (χ1n) is 4.64. The Morgan fingerprint density at radius 3 is 2.92 bits per heavy atom. The highest BCUT2D eigenvalue weighted by molar-refractivity contribution is 5.84. The molecule has 2 bridgehead atoms. The number of Topliss-reactive ketones (excluding diaryl/α,β-unsaturated/α-hetero) is 1. The lowest BCUT2D eigenvalue weighted by Gasteiger charge is -2.26. The van der Waals surface area contributed by atoms with E-state index in [1.165, 1.54) is 0 Å². The van der Waals surface area contributed by atoms with Gasteiger partial charge in [-0.15, -0.1) is 0 Å². The molecule has 2 aliphatic heterocycles. The topological polar surface area (TPSA) is 29.5 Å². The van der Waals surface area contributed by atoms with Gasteiger partial charge in [0, 0.05) is 25.4 Å². The second-order valence-electron chi connectivity index (χ2n) is 4.00. The van der Waals surface area contributed by atoms with Crippen LogP contribution in [0.4, 0.5) is 0 Å². The fraction of sp³-hybridized carbons (Fsp3) is 0.889. The third-order valence-corrected chi connectivity index (χ3v) is 2.80. The summed E-state index contributed by atoms with van der Waals surface area (Å²) in [5.41, 5.74) is 0. The number of carbonyl (C=O) groups is 1. The highest BCUT2D eigenvalue weighted by Crippen LogP contribution is 2.31. The third-order valence-electron chi connectivity index (χ3n) is 2.80. The zero-order valence-electron chi connectivity index (χ0n) is 7.62. The Hall–Kier alpha value is -0.410. The van der Waals surface area contributed by atoms with Crippen LogP contribution in [-0.4, -0.2) is 29.5 Å². The van der Waals surface area contributed by atoms with Gasteiger partial charge in [-0.2, -0.15) is 5.06 Å². The van der Waals surface area contributed by atoms with Crippen LogP contribution in [0, 0.1) is 5.92 Å². The Balaban J connectivity index is 2.10. The monoisotopic (exact) mass is 169 g/mol. The Labute approximate surface area is 72.6 Å². The molecule has 12 heavy (non-hydrogen) atoms. The number of carbonyl (C=O) groups excluding carboxylic acids is 1. The molecule has 2 heterocycles. The van der Waals surface area contributed by atoms with Gasteiger partial charge in [0.2, 0.25) is 0 Å². The zero-order chi connectivity index (χ0) is 8.72. The van der Waals surface area contributed by atoms with Gasteiger partial charge in [-0.05, 0) is 5.92 Å². The van der Waals surface area contributed by atoms with E-state index in [4.69, 9.17) is 4.84 Å². The second-order valence-corrected chi connectivity index (χ2v) is 4.00. The molecule has 3 nitrogen and oxygen atoms in total. The number of ketones is 1. The van der Waals surface area contributed by atoms with Gasteiger partial charge in [0.25, 0.3) is 0 Å². The van der Waals surface area contributed by atoms with Gasteiger partial charge >= 0.3 is 0 Å². The SMILES string of the molecule is CC(C)C1CC2ON1CCC2=O. The summed E-state index contributed by atoms with van der Waals surface area (Å²) in [6.45, 7) is 5.15. The van der Waals surface area contributed by atoms with Crippen molar-refractivity contribution in [1.82, 2.24) is 5.06 Å². The molecule has 0 aliphatic carbocycles. The van der Waals surface area contributed by atoms with Crippen molar-refractivity contribution in [3.63, 3.8) is 0 Å². The van der Waals surface area contributed by atoms with Gasteiger partial charge in [-0.1, -0.05) is 13.8 Å². The van der Waals surface area contributed by atoms with E-state index in [0.717, 1.165) is 13.0 Å². The summed E-state index contributed by atoms with van der Waals surface area (Å²) in [6.07, 6.45) is 1.45. The zero-order valence-corrected chi connectivity index (χ0v) is 7.62. The number of rotatable bonds is 1. The Morgan fingerprint density at radius 2 is 2.33 bits per heavy atom. The summed E-state index contributed by atoms with van der Waals surface area (Å²) >= 11 is 0. The van der Waals surface area contributed by atoms with Gasteiger partial charge < -0.3 is 0 Å². The Bertz CT molecular complexity index is 203. The van der Waals surface area contributed by atoms with Crippen LogP contribution >= 0.6 is 0 Å². The highest BCUT2D eigenvalue weighted by Gasteiger charge is 2.42. The molecular formula is C9H15NO2. The van der Waals surface area contributed by atoms with E-state index >= 15 is 0 Å². The van der Waals surface area contributed by atoms with Gasteiger partial charge in [0.1, 0.15) is 6.10 Å². The first-order valence-corrected chi connectivity index (χ1v) is 4.64. The van der Waals surface area contributed by atoms with Crippen molar-refractivity contribution in [1.29, 1.82) is 0 Å². The van der Waals surface area contributed by atoms with E-state index in [9.17, 15) is 4.79 Å². The van der Waals surface area contributed by atoms with Crippen molar-refractivity contribution >= 4 is 5.78 Å². The number of nitrogens with zero attached hydrogens (tertiary/aromatic N) is 1. The van der Waals surface area contributed by atoms with Crippen molar-refractivity contribution < 1.29 is 9.63 Å². The molecule has 3 heteroatoms. The lowest BCUT2D eigenvalue weighted by Crippen LogP contribution is -2.37. The summed E-state index contributed by atoms with van der Waals surface area (Å²) in [4.78, 5) is 16.7. The number of fused-ring (bicyclic) bond motifs is 2. The number of hydroxylamine groups is 2.